The molecule has 0 N–H and O–H groups in total. The van der Waals surface area contributed by atoms with E-state index >= 15 is 0 Å². The Morgan fingerprint density at radius 3 is 2.15 bits per heavy atom. The number of hydrogen-bond donors (Lipinski definition) is 0. The van der Waals surface area contributed by atoms with Crippen LogP contribution in [-0.2, 0) is 0 Å². The van der Waals surface area contributed by atoms with Crippen molar-refractivity contribution in [2.75, 3.05) is 4.90 Å². The van der Waals surface area contributed by atoms with Gasteiger partial charge in [-0.15, -0.1) is 11.3 Å². The van der Waals surface area contributed by atoms with Crippen LogP contribution in [0.1, 0.15) is 11.1 Å². The smallest absolute Gasteiger partial charge is 0.0548 e. The summed E-state index contributed by atoms with van der Waals surface area (Å²) >= 11 is 1.87. The van der Waals surface area contributed by atoms with Gasteiger partial charge in [0.2, 0.25) is 0 Å². The van der Waals surface area contributed by atoms with Gasteiger partial charge in [-0.2, -0.15) is 0 Å². The van der Waals surface area contributed by atoms with E-state index < -0.39 is 0 Å². The van der Waals surface area contributed by atoms with Crippen LogP contribution in [-0.4, -0.2) is 4.57 Å². The first kappa shape index (κ1) is 28.3. The number of fused-ring (bicyclic) bond motifs is 8. The zero-order valence-corrected chi connectivity index (χ0v) is 27.4. The molecule has 2 aromatic heterocycles. The molecule has 0 saturated carbocycles. The van der Waals surface area contributed by atoms with Crippen LogP contribution < -0.4 is 4.90 Å². The predicted molar refractivity (Wildman–Crippen MR) is 209 cm³/mol. The van der Waals surface area contributed by atoms with Crippen LogP contribution in [0.4, 0.5) is 17.1 Å². The van der Waals surface area contributed by atoms with Gasteiger partial charge in [0.1, 0.15) is 0 Å². The summed E-state index contributed by atoms with van der Waals surface area (Å²) in [6, 6.07) is 55.0. The highest BCUT2D eigenvalue weighted by Crippen LogP contribution is 2.46. The Morgan fingerprint density at radius 1 is 0.583 bits per heavy atom. The molecule has 0 aliphatic heterocycles. The maximum absolute atomic E-state index is 4.14. The fraction of sp³-hybridized carbons (Fsp3) is 0.0222. The lowest BCUT2D eigenvalue weighted by atomic mass is 10.0. The minimum Gasteiger partial charge on any atom is -0.310 e. The third-order valence-electron chi connectivity index (χ3n) is 9.45. The lowest BCUT2D eigenvalue weighted by molar-refractivity contribution is 1.20. The second-order valence-corrected chi connectivity index (χ2v) is 13.4. The summed E-state index contributed by atoms with van der Waals surface area (Å²) in [4.78, 5) is 2.38. The number of para-hydroxylation sites is 1. The molecular formula is C45H32N2S. The molecule has 0 unspecified atom stereocenters. The van der Waals surface area contributed by atoms with Crippen molar-refractivity contribution in [3.63, 3.8) is 0 Å². The summed E-state index contributed by atoms with van der Waals surface area (Å²) in [6.07, 6.45) is 4.06. The van der Waals surface area contributed by atoms with Crippen molar-refractivity contribution < 1.29 is 0 Å². The van der Waals surface area contributed by atoms with E-state index in [1.54, 1.807) is 0 Å². The van der Waals surface area contributed by atoms with Crippen molar-refractivity contribution in [3.8, 4) is 0 Å². The standard InChI is InChI=1S/C45H32N2S/c1-3-13-39(36-19-10-7-14-30(36)2)47-40-25-24-35(29-38(40)44-41(47)26-27-43-45(44)37-20-11-12-21-42(37)48-43)46(33-17-5-4-6-18-33)34-23-22-31-15-8-9-16-32(31)28-34/h3-29H,1H2,2H3/b39-13+. The van der Waals surface area contributed by atoms with Crippen LogP contribution in [0.5, 0.6) is 0 Å². The lowest BCUT2D eigenvalue weighted by Gasteiger charge is -2.26. The molecule has 0 saturated heterocycles. The Morgan fingerprint density at radius 2 is 1.29 bits per heavy atom. The van der Waals surface area contributed by atoms with E-state index in [1.165, 1.54) is 63.9 Å². The number of hydrogen-bond acceptors (Lipinski definition) is 2. The van der Waals surface area contributed by atoms with Crippen LogP contribution in [0.3, 0.4) is 0 Å². The molecule has 228 valence electrons. The highest BCUT2D eigenvalue weighted by Gasteiger charge is 2.22. The van der Waals surface area contributed by atoms with Gasteiger partial charge >= 0.3 is 0 Å². The maximum Gasteiger partial charge on any atom is 0.0548 e. The van der Waals surface area contributed by atoms with Crippen LogP contribution in [0.25, 0.3) is 58.4 Å². The summed E-state index contributed by atoms with van der Waals surface area (Å²) in [7, 11) is 0. The Bertz CT molecular complexity index is 2710. The van der Waals surface area contributed by atoms with E-state index in [0.29, 0.717) is 0 Å². The molecule has 0 aliphatic rings. The minimum absolute atomic E-state index is 1.11. The first-order chi connectivity index (χ1) is 23.7. The SMILES string of the molecule is C=C/C=C(\c1ccccc1C)n1c2ccc(N(c3ccccc3)c3ccc4ccccc4c3)cc2c2c3c(ccc21)sc1ccccc13. The third-order valence-corrected chi connectivity index (χ3v) is 10.6. The largest absolute Gasteiger partial charge is 0.310 e. The normalized spacial score (nSPS) is 12.1. The fourth-order valence-electron chi connectivity index (χ4n) is 7.31. The van der Waals surface area contributed by atoms with Gasteiger partial charge in [-0.05, 0) is 90.0 Å². The number of thiophene rings is 1. The number of allylic oxidation sites excluding steroid dienone is 2. The second kappa shape index (κ2) is 11.4. The molecule has 3 heteroatoms. The first-order valence-corrected chi connectivity index (χ1v) is 17.1. The maximum atomic E-state index is 4.14. The number of anilines is 3. The van der Waals surface area contributed by atoms with Crippen LogP contribution in [0, 0.1) is 6.92 Å². The van der Waals surface area contributed by atoms with E-state index in [4.69, 9.17) is 0 Å². The van der Waals surface area contributed by atoms with Crippen molar-refractivity contribution in [2.45, 2.75) is 6.92 Å². The van der Waals surface area contributed by atoms with Gasteiger partial charge in [-0.1, -0.05) is 104 Å². The number of nitrogens with zero attached hydrogens (tertiary/aromatic N) is 2. The molecule has 0 bridgehead atoms. The highest BCUT2D eigenvalue weighted by atomic mass is 32.1. The Kier molecular flexibility index (Phi) is 6.74. The molecule has 0 aliphatic carbocycles. The van der Waals surface area contributed by atoms with Gasteiger partial charge in [-0.25, -0.2) is 0 Å². The Hall–Kier alpha value is -5.90. The molecule has 2 nitrogen and oxygen atoms in total. The predicted octanol–water partition coefficient (Wildman–Crippen LogP) is 13.2. The minimum atomic E-state index is 1.11. The molecular weight excluding hydrogens is 601 g/mol. The quantitative estimate of drug-likeness (QED) is 0.166. The summed E-state index contributed by atoms with van der Waals surface area (Å²) in [6.45, 7) is 6.32. The van der Waals surface area contributed by atoms with Crippen molar-refractivity contribution in [1.82, 2.24) is 4.57 Å². The number of aryl methyl sites for hydroxylation is 1. The van der Waals surface area contributed by atoms with E-state index in [2.05, 4.69) is 181 Å². The number of aromatic nitrogens is 1. The fourth-order valence-corrected chi connectivity index (χ4v) is 8.42. The van der Waals surface area contributed by atoms with E-state index in [1.807, 2.05) is 17.4 Å². The van der Waals surface area contributed by atoms with Gasteiger partial charge in [0.15, 0.2) is 0 Å². The number of benzene rings is 7. The Labute approximate surface area is 283 Å². The molecule has 0 radical (unpaired) electrons. The molecule has 9 rings (SSSR count). The van der Waals surface area contributed by atoms with Crippen molar-refractivity contribution in [2.24, 2.45) is 0 Å². The molecule has 2 heterocycles. The summed E-state index contributed by atoms with van der Waals surface area (Å²) in [5.41, 5.74) is 9.25. The van der Waals surface area contributed by atoms with Crippen LogP contribution >= 0.6 is 11.3 Å². The van der Waals surface area contributed by atoms with Gasteiger partial charge in [0.05, 0.1) is 16.7 Å². The zero-order valence-electron chi connectivity index (χ0n) is 26.6. The molecule has 0 spiro atoms. The lowest BCUT2D eigenvalue weighted by Crippen LogP contribution is -2.09. The van der Waals surface area contributed by atoms with E-state index in [9.17, 15) is 0 Å². The summed E-state index contributed by atoms with van der Waals surface area (Å²) in [5, 5.41) is 7.56. The monoisotopic (exact) mass is 632 g/mol. The van der Waals surface area contributed by atoms with Gasteiger partial charge in [0.25, 0.3) is 0 Å². The zero-order chi connectivity index (χ0) is 32.2. The Balaban J connectivity index is 1.39. The van der Waals surface area contributed by atoms with Crippen molar-refractivity contribution >= 4 is 86.8 Å². The van der Waals surface area contributed by atoms with E-state index in [0.717, 1.165) is 22.8 Å². The molecule has 48 heavy (non-hydrogen) atoms. The molecule has 0 amide bonds. The van der Waals surface area contributed by atoms with E-state index in [-0.39, 0.29) is 0 Å². The number of rotatable bonds is 6. The molecule has 0 fully saturated rings. The van der Waals surface area contributed by atoms with Crippen LogP contribution in [0.15, 0.2) is 170 Å². The van der Waals surface area contributed by atoms with Crippen LogP contribution in [0.2, 0.25) is 0 Å². The first-order valence-electron chi connectivity index (χ1n) is 16.3. The average molecular weight is 633 g/mol. The average Bonchev–Trinajstić information content (AvgIpc) is 3.67. The van der Waals surface area contributed by atoms with Crippen molar-refractivity contribution in [1.29, 1.82) is 0 Å². The summed E-state index contributed by atoms with van der Waals surface area (Å²) in [5.74, 6) is 0. The molecule has 7 aromatic carbocycles. The van der Waals surface area contributed by atoms with Gasteiger partial charge in [0, 0.05) is 53.6 Å². The highest BCUT2D eigenvalue weighted by molar-refractivity contribution is 7.26. The topological polar surface area (TPSA) is 8.17 Å². The molecule has 9 aromatic rings. The molecule has 0 atom stereocenters. The third kappa shape index (κ3) is 4.47. The van der Waals surface area contributed by atoms with Crippen molar-refractivity contribution in [3.05, 3.63) is 182 Å². The second-order valence-electron chi connectivity index (χ2n) is 12.3. The van der Waals surface area contributed by atoms with Gasteiger partial charge in [-0.3, -0.25) is 0 Å². The van der Waals surface area contributed by atoms with Gasteiger partial charge < -0.3 is 9.47 Å². The summed E-state index contributed by atoms with van der Waals surface area (Å²) < 4.78 is 5.04.